The fraction of sp³-hybridized carbons (Fsp3) is 0.500. The quantitative estimate of drug-likeness (QED) is 0.741. The molecule has 114 valence electrons. The summed E-state index contributed by atoms with van der Waals surface area (Å²) in [4.78, 5) is 28.1. The zero-order valence-corrected chi connectivity index (χ0v) is 11.8. The SMILES string of the molecule is Cc1cccnc1[C@@H](O)C1CCC(=O)N1CCNC(=O)O. The normalized spacial score (nSPS) is 19.6. The molecule has 1 saturated heterocycles. The van der Waals surface area contributed by atoms with Gasteiger partial charge in [0, 0.05) is 25.7 Å². The van der Waals surface area contributed by atoms with Gasteiger partial charge in [0.1, 0.15) is 6.10 Å². The van der Waals surface area contributed by atoms with Gasteiger partial charge in [-0.3, -0.25) is 9.78 Å². The van der Waals surface area contributed by atoms with Crippen molar-refractivity contribution >= 4 is 12.0 Å². The third-order valence-corrected chi connectivity index (χ3v) is 3.70. The summed E-state index contributed by atoms with van der Waals surface area (Å²) in [5.41, 5.74) is 1.43. The minimum absolute atomic E-state index is 0.0696. The summed E-state index contributed by atoms with van der Waals surface area (Å²) < 4.78 is 0. The first kappa shape index (κ1) is 15.2. The van der Waals surface area contributed by atoms with Gasteiger partial charge in [-0.25, -0.2) is 4.79 Å². The summed E-state index contributed by atoms with van der Waals surface area (Å²) in [7, 11) is 0. The number of aromatic nitrogens is 1. The molecule has 1 fully saturated rings. The van der Waals surface area contributed by atoms with Crippen LogP contribution >= 0.6 is 0 Å². The van der Waals surface area contributed by atoms with Crippen LogP contribution in [-0.2, 0) is 4.79 Å². The number of pyridine rings is 1. The van der Waals surface area contributed by atoms with Crippen LogP contribution in [0.4, 0.5) is 4.79 Å². The molecule has 1 unspecified atom stereocenters. The molecule has 1 aliphatic heterocycles. The van der Waals surface area contributed by atoms with E-state index in [2.05, 4.69) is 10.3 Å². The molecule has 7 nitrogen and oxygen atoms in total. The van der Waals surface area contributed by atoms with Gasteiger partial charge >= 0.3 is 6.09 Å². The van der Waals surface area contributed by atoms with E-state index >= 15 is 0 Å². The highest BCUT2D eigenvalue weighted by atomic mass is 16.4. The lowest BCUT2D eigenvalue weighted by molar-refractivity contribution is -0.130. The molecule has 0 spiro atoms. The Hall–Kier alpha value is -2.15. The Kier molecular flexibility index (Phi) is 4.74. The van der Waals surface area contributed by atoms with Crippen molar-refractivity contribution < 1.29 is 19.8 Å². The predicted molar refractivity (Wildman–Crippen MR) is 74.7 cm³/mol. The average molecular weight is 293 g/mol. The van der Waals surface area contributed by atoms with Gasteiger partial charge in [-0.1, -0.05) is 6.07 Å². The largest absolute Gasteiger partial charge is 0.465 e. The molecule has 0 aromatic carbocycles. The second-order valence-corrected chi connectivity index (χ2v) is 5.08. The number of nitrogens with zero attached hydrogens (tertiary/aromatic N) is 2. The molecule has 1 aromatic rings. The van der Waals surface area contributed by atoms with Crippen LogP contribution in [0.25, 0.3) is 0 Å². The van der Waals surface area contributed by atoms with E-state index in [0.717, 1.165) is 5.56 Å². The molecule has 21 heavy (non-hydrogen) atoms. The van der Waals surface area contributed by atoms with E-state index in [0.29, 0.717) is 18.5 Å². The molecule has 7 heteroatoms. The van der Waals surface area contributed by atoms with E-state index in [1.807, 2.05) is 13.0 Å². The summed E-state index contributed by atoms with van der Waals surface area (Å²) in [6.45, 7) is 2.25. The van der Waals surface area contributed by atoms with Gasteiger partial charge in [-0.2, -0.15) is 0 Å². The standard InChI is InChI=1S/C14H19N3O4/c1-9-3-2-6-15-12(9)13(19)10-4-5-11(18)17(10)8-7-16-14(20)21/h2-3,6,10,13,16,19H,4-5,7-8H2,1H3,(H,20,21)/t10?,13-/m0/s1. The van der Waals surface area contributed by atoms with Crippen molar-refractivity contribution in [2.45, 2.75) is 31.9 Å². The van der Waals surface area contributed by atoms with Crippen LogP contribution in [-0.4, -0.2) is 51.2 Å². The summed E-state index contributed by atoms with van der Waals surface area (Å²) in [5, 5.41) is 21.3. The maximum Gasteiger partial charge on any atom is 0.404 e. The second kappa shape index (κ2) is 6.53. The van der Waals surface area contributed by atoms with Crippen molar-refractivity contribution in [2.24, 2.45) is 0 Å². The maximum atomic E-state index is 11.9. The second-order valence-electron chi connectivity index (χ2n) is 5.08. The number of hydrogen-bond donors (Lipinski definition) is 3. The topological polar surface area (TPSA) is 103 Å². The highest BCUT2D eigenvalue weighted by Crippen LogP contribution is 2.30. The maximum absolute atomic E-state index is 11.9. The zero-order valence-electron chi connectivity index (χ0n) is 11.8. The molecule has 2 amide bonds. The Morgan fingerprint density at radius 2 is 2.38 bits per heavy atom. The molecule has 0 bridgehead atoms. The van der Waals surface area contributed by atoms with E-state index in [4.69, 9.17) is 5.11 Å². The number of rotatable bonds is 5. The molecule has 1 aliphatic rings. The Morgan fingerprint density at radius 1 is 1.62 bits per heavy atom. The van der Waals surface area contributed by atoms with E-state index in [-0.39, 0.29) is 25.0 Å². The fourth-order valence-corrected chi connectivity index (χ4v) is 2.65. The van der Waals surface area contributed by atoms with Gasteiger partial charge in [0.15, 0.2) is 0 Å². The molecule has 3 N–H and O–H groups in total. The fourth-order valence-electron chi connectivity index (χ4n) is 2.65. The minimum atomic E-state index is -1.13. The lowest BCUT2D eigenvalue weighted by atomic mass is 10.0. The summed E-state index contributed by atoms with van der Waals surface area (Å²) in [5.74, 6) is -0.0696. The van der Waals surface area contributed by atoms with E-state index in [1.165, 1.54) is 4.90 Å². The molecule has 0 saturated carbocycles. The monoisotopic (exact) mass is 293 g/mol. The van der Waals surface area contributed by atoms with Crippen LogP contribution in [0.15, 0.2) is 18.3 Å². The predicted octanol–water partition coefficient (Wildman–Crippen LogP) is 0.682. The third-order valence-electron chi connectivity index (χ3n) is 3.70. The first-order valence-electron chi connectivity index (χ1n) is 6.86. The minimum Gasteiger partial charge on any atom is -0.465 e. The van der Waals surface area contributed by atoms with Gasteiger partial charge in [0.2, 0.25) is 5.91 Å². The first-order valence-corrected chi connectivity index (χ1v) is 6.86. The van der Waals surface area contributed by atoms with Crippen LogP contribution in [0.5, 0.6) is 0 Å². The Morgan fingerprint density at radius 3 is 3.05 bits per heavy atom. The van der Waals surface area contributed by atoms with Gasteiger partial charge < -0.3 is 20.4 Å². The van der Waals surface area contributed by atoms with Crippen molar-refractivity contribution in [3.8, 4) is 0 Å². The number of aliphatic hydroxyl groups is 1. The van der Waals surface area contributed by atoms with Gasteiger partial charge in [-0.15, -0.1) is 0 Å². The van der Waals surface area contributed by atoms with Crippen molar-refractivity contribution in [3.05, 3.63) is 29.6 Å². The number of aliphatic hydroxyl groups excluding tert-OH is 1. The number of hydrogen-bond acceptors (Lipinski definition) is 4. The van der Waals surface area contributed by atoms with Crippen LogP contribution < -0.4 is 5.32 Å². The highest BCUT2D eigenvalue weighted by Gasteiger charge is 2.37. The summed E-state index contributed by atoms with van der Waals surface area (Å²) in [6.07, 6.45) is 0.532. The molecule has 2 heterocycles. The van der Waals surface area contributed by atoms with Crippen molar-refractivity contribution in [2.75, 3.05) is 13.1 Å². The Bertz CT molecular complexity index is 535. The number of amides is 2. The third kappa shape index (κ3) is 3.49. The van der Waals surface area contributed by atoms with Gasteiger partial charge in [-0.05, 0) is 25.0 Å². The summed E-state index contributed by atoms with van der Waals surface area (Å²) >= 11 is 0. The number of aryl methyl sites for hydroxylation is 1. The van der Waals surface area contributed by atoms with Crippen LogP contribution in [0.1, 0.15) is 30.2 Å². The van der Waals surface area contributed by atoms with Crippen molar-refractivity contribution in [1.29, 1.82) is 0 Å². The van der Waals surface area contributed by atoms with Crippen molar-refractivity contribution in [3.63, 3.8) is 0 Å². The Balaban J connectivity index is 2.08. The molecule has 0 aliphatic carbocycles. The van der Waals surface area contributed by atoms with Crippen LogP contribution in [0, 0.1) is 6.92 Å². The molecule has 1 aromatic heterocycles. The lowest BCUT2D eigenvalue weighted by Crippen LogP contribution is -2.42. The van der Waals surface area contributed by atoms with E-state index < -0.39 is 12.2 Å². The van der Waals surface area contributed by atoms with E-state index in [1.54, 1.807) is 12.3 Å². The average Bonchev–Trinajstić information content (AvgIpc) is 2.80. The van der Waals surface area contributed by atoms with Crippen LogP contribution in [0.3, 0.4) is 0 Å². The number of carbonyl (C=O) groups is 2. The number of likely N-dealkylation sites (tertiary alicyclic amines) is 1. The number of carboxylic acid groups (broad SMARTS) is 1. The van der Waals surface area contributed by atoms with Gasteiger partial charge in [0.05, 0.1) is 11.7 Å². The molecule has 0 radical (unpaired) electrons. The molecule has 2 rings (SSSR count). The molecule has 2 atom stereocenters. The number of carbonyl (C=O) groups excluding carboxylic acids is 1. The lowest BCUT2D eigenvalue weighted by Gasteiger charge is -2.29. The molecular formula is C14H19N3O4. The summed E-state index contributed by atoms with van der Waals surface area (Å²) in [6, 6.07) is 3.29. The smallest absolute Gasteiger partial charge is 0.404 e. The van der Waals surface area contributed by atoms with Crippen molar-refractivity contribution in [1.82, 2.24) is 15.2 Å². The first-order chi connectivity index (χ1) is 10.0. The molecular weight excluding hydrogens is 274 g/mol. The number of nitrogens with one attached hydrogen (secondary N) is 1. The van der Waals surface area contributed by atoms with E-state index in [9.17, 15) is 14.7 Å². The van der Waals surface area contributed by atoms with Gasteiger partial charge in [0.25, 0.3) is 0 Å². The zero-order chi connectivity index (χ0) is 15.4. The van der Waals surface area contributed by atoms with Crippen LogP contribution in [0.2, 0.25) is 0 Å². The highest BCUT2D eigenvalue weighted by molar-refractivity contribution is 5.79. The Labute approximate surface area is 122 Å².